The van der Waals surface area contributed by atoms with E-state index in [9.17, 15) is 0 Å². The molecule has 0 aliphatic carbocycles. The van der Waals surface area contributed by atoms with Crippen LogP contribution >= 0.6 is 0 Å². The first-order valence-electron chi connectivity index (χ1n) is 8.61. The van der Waals surface area contributed by atoms with Crippen LogP contribution in [0.1, 0.15) is 37.7 Å². The molecule has 0 radical (unpaired) electrons. The van der Waals surface area contributed by atoms with E-state index in [-0.39, 0.29) is 5.96 Å². The van der Waals surface area contributed by atoms with Gasteiger partial charge in [-0.1, -0.05) is 36.8 Å². The van der Waals surface area contributed by atoms with Gasteiger partial charge < -0.3 is 15.5 Å². The van der Waals surface area contributed by atoms with Gasteiger partial charge in [-0.2, -0.15) is 0 Å². The van der Waals surface area contributed by atoms with Crippen LogP contribution in [0.15, 0.2) is 30.3 Å². The standard InChI is InChI=1S/C18H30N4/c19-18(20)22(16-11-17-9-3-1-4-10-17)15-6-2-5-12-21-13-7-8-14-21/h1,3-4,9-10H,2,5-8,11-16H2,(H3,19,20). The van der Waals surface area contributed by atoms with Gasteiger partial charge in [-0.15, -0.1) is 0 Å². The fourth-order valence-electron chi connectivity index (χ4n) is 3.08. The molecular formula is C18H30N4. The van der Waals surface area contributed by atoms with Crippen molar-refractivity contribution in [2.45, 2.75) is 38.5 Å². The zero-order valence-electron chi connectivity index (χ0n) is 13.6. The van der Waals surface area contributed by atoms with Crippen LogP contribution in [0.3, 0.4) is 0 Å². The molecule has 1 heterocycles. The van der Waals surface area contributed by atoms with Crippen molar-refractivity contribution in [3.63, 3.8) is 0 Å². The molecule has 4 nitrogen and oxygen atoms in total. The van der Waals surface area contributed by atoms with Gasteiger partial charge in [0, 0.05) is 13.1 Å². The molecule has 1 fully saturated rings. The Hall–Kier alpha value is -1.55. The number of nitrogens with zero attached hydrogens (tertiary/aromatic N) is 2. The highest BCUT2D eigenvalue weighted by Gasteiger charge is 2.11. The third kappa shape index (κ3) is 6.06. The molecule has 1 saturated heterocycles. The number of guanidine groups is 1. The van der Waals surface area contributed by atoms with Gasteiger partial charge in [0.1, 0.15) is 0 Å². The van der Waals surface area contributed by atoms with E-state index < -0.39 is 0 Å². The van der Waals surface area contributed by atoms with Gasteiger partial charge in [0.05, 0.1) is 0 Å². The average Bonchev–Trinajstić information content (AvgIpc) is 3.04. The molecule has 0 amide bonds. The van der Waals surface area contributed by atoms with E-state index in [0.717, 1.165) is 25.9 Å². The Kier molecular flexibility index (Phi) is 7.23. The minimum Gasteiger partial charge on any atom is -0.370 e. The molecule has 0 atom stereocenters. The van der Waals surface area contributed by atoms with Crippen molar-refractivity contribution in [3.05, 3.63) is 35.9 Å². The van der Waals surface area contributed by atoms with Crippen molar-refractivity contribution >= 4 is 5.96 Å². The topological polar surface area (TPSA) is 56.4 Å². The van der Waals surface area contributed by atoms with E-state index in [1.54, 1.807) is 0 Å². The Bertz CT molecular complexity index is 426. The van der Waals surface area contributed by atoms with E-state index >= 15 is 0 Å². The lowest BCUT2D eigenvalue weighted by molar-refractivity contribution is 0.322. The van der Waals surface area contributed by atoms with Crippen LogP contribution in [0.2, 0.25) is 0 Å². The summed E-state index contributed by atoms with van der Waals surface area (Å²) in [5.41, 5.74) is 7.02. The molecule has 1 aliphatic heterocycles. The Balaban J connectivity index is 1.60. The molecule has 1 aliphatic rings. The fourth-order valence-corrected chi connectivity index (χ4v) is 3.08. The predicted octanol–water partition coefficient (Wildman–Crippen LogP) is 2.69. The second-order valence-corrected chi connectivity index (χ2v) is 6.22. The first kappa shape index (κ1) is 16.8. The second kappa shape index (κ2) is 9.46. The maximum atomic E-state index is 7.73. The molecule has 4 heteroatoms. The number of benzene rings is 1. The highest BCUT2D eigenvalue weighted by Crippen LogP contribution is 2.09. The first-order chi connectivity index (χ1) is 10.8. The van der Waals surface area contributed by atoms with Gasteiger partial charge >= 0.3 is 0 Å². The highest BCUT2D eigenvalue weighted by atomic mass is 15.2. The molecule has 0 aromatic heterocycles. The van der Waals surface area contributed by atoms with Crippen molar-refractivity contribution < 1.29 is 0 Å². The van der Waals surface area contributed by atoms with Crippen LogP contribution in [0.5, 0.6) is 0 Å². The average molecular weight is 302 g/mol. The molecule has 22 heavy (non-hydrogen) atoms. The summed E-state index contributed by atoms with van der Waals surface area (Å²) >= 11 is 0. The van der Waals surface area contributed by atoms with E-state index in [4.69, 9.17) is 11.1 Å². The van der Waals surface area contributed by atoms with E-state index in [0.29, 0.717) is 0 Å². The quantitative estimate of drug-likeness (QED) is 0.419. The first-order valence-corrected chi connectivity index (χ1v) is 8.61. The predicted molar refractivity (Wildman–Crippen MR) is 93.2 cm³/mol. The number of rotatable bonds is 9. The van der Waals surface area contributed by atoms with Gasteiger partial charge in [-0.05, 0) is 57.3 Å². The number of unbranched alkanes of at least 4 members (excludes halogenated alkanes) is 2. The van der Waals surface area contributed by atoms with Gasteiger partial charge in [0.25, 0.3) is 0 Å². The summed E-state index contributed by atoms with van der Waals surface area (Å²) in [6.45, 7) is 5.56. The lowest BCUT2D eigenvalue weighted by atomic mass is 10.1. The molecule has 0 saturated carbocycles. The minimum atomic E-state index is 0.204. The summed E-state index contributed by atoms with van der Waals surface area (Å²) in [7, 11) is 0. The summed E-state index contributed by atoms with van der Waals surface area (Å²) in [5, 5.41) is 7.73. The monoisotopic (exact) mass is 302 g/mol. The highest BCUT2D eigenvalue weighted by molar-refractivity contribution is 5.74. The minimum absolute atomic E-state index is 0.204. The second-order valence-electron chi connectivity index (χ2n) is 6.22. The van der Waals surface area contributed by atoms with Crippen LogP contribution in [-0.2, 0) is 6.42 Å². The molecule has 2 rings (SSSR count). The summed E-state index contributed by atoms with van der Waals surface area (Å²) in [6.07, 6.45) is 7.32. The van der Waals surface area contributed by atoms with E-state index in [1.807, 2.05) is 11.0 Å². The Morgan fingerprint density at radius 3 is 2.45 bits per heavy atom. The fraction of sp³-hybridized carbons (Fsp3) is 0.611. The van der Waals surface area contributed by atoms with Gasteiger partial charge in [0.2, 0.25) is 0 Å². The third-order valence-electron chi connectivity index (χ3n) is 4.45. The van der Waals surface area contributed by atoms with Crippen LogP contribution < -0.4 is 5.73 Å². The van der Waals surface area contributed by atoms with Gasteiger partial charge in [0.15, 0.2) is 5.96 Å². The Labute approximate surface area is 134 Å². The molecule has 1 aromatic rings. The molecule has 0 spiro atoms. The number of nitrogens with two attached hydrogens (primary N) is 1. The van der Waals surface area contributed by atoms with Crippen LogP contribution in [-0.4, -0.2) is 48.5 Å². The maximum Gasteiger partial charge on any atom is 0.188 e. The van der Waals surface area contributed by atoms with Crippen molar-refractivity contribution in [3.8, 4) is 0 Å². The summed E-state index contributed by atoms with van der Waals surface area (Å²) in [4.78, 5) is 4.57. The normalized spacial score (nSPS) is 15.1. The SMILES string of the molecule is N=C(N)N(CCCCCN1CCCC1)CCc1ccccc1. The summed E-state index contributed by atoms with van der Waals surface area (Å²) in [5.74, 6) is 0.204. The number of likely N-dealkylation sites (tertiary alicyclic amines) is 1. The van der Waals surface area contributed by atoms with E-state index in [2.05, 4.69) is 29.2 Å². The third-order valence-corrected chi connectivity index (χ3v) is 4.45. The van der Waals surface area contributed by atoms with E-state index in [1.165, 1.54) is 50.9 Å². The molecule has 3 N–H and O–H groups in total. The van der Waals surface area contributed by atoms with Crippen molar-refractivity contribution in [1.29, 1.82) is 5.41 Å². The van der Waals surface area contributed by atoms with Gasteiger partial charge in [-0.3, -0.25) is 5.41 Å². The Morgan fingerprint density at radius 2 is 1.77 bits per heavy atom. The van der Waals surface area contributed by atoms with Crippen LogP contribution in [0, 0.1) is 5.41 Å². The molecule has 1 aromatic carbocycles. The van der Waals surface area contributed by atoms with Gasteiger partial charge in [-0.25, -0.2) is 0 Å². The van der Waals surface area contributed by atoms with Crippen LogP contribution in [0.4, 0.5) is 0 Å². The number of hydrogen-bond donors (Lipinski definition) is 2. The molecule has 0 unspecified atom stereocenters. The smallest absolute Gasteiger partial charge is 0.188 e. The molecule has 122 valence electrons. The number of hydrogen-bond acceptors (Lipinski definition) is 2. The van der Waals surface area contributed by atoms with Crippen molar-refractivity contribution in [2.24, 2.45) is 5.73 Å². The van der Waals surface area contributed by atoms with Crippen molar-refractivity contribution in [2.75, 3.05) is 32.7 Å². The maximum absolute atomic E-state index is 7.73. The Morgan fingerprint density at radius 1 is 1.05 bits per heavy atom. The molecule has 0 bridgehead atoms. The lowest BCUT2D eigenvalue weighted by Crippen LogP contribution is -2.38. The lowest BCUT2D eigenvalue weighted by Gasteiger charge is -2.23. The largest absolute Gasteiger partial charge is 0.370 e. The molecular weight excluding hydrogens is 272 g/mol. The van der Waals surface area contributed by atoms with Crippen LogP contribution in [0.25, 0.3) is 0 Å². The zero-order chi connectivity index (χ0) is 15.6. The number of nitrogens with one attached hydrogen (secondary N) is 1. The zero-order valence-corrected chi connectivity index (χ0v) is 13.6. The van der Waals surface area contributed by atoms with Crippen molar-refractivity contribution in [1.82, 2.24) is 9.80 Å². The summed E-state index contributed by atoms with van der Waals surface area (Å²) in [6, 6.07) is 10.4. The summed E-state index contributed by atoms with van der Waals surface area (Å²) < 4.78 is 0.